The van der Waals surface area contributed by atoms with Crippen LogP contribution in [-0.2, 0) is 11.2 Å². The molecule has 1 N–H and O–H groups in total. The van der Waals surface area contributed by atoms with E-state index in [1.165, 1.54) is 5.56 Å². The molecule has 0 fully saturated rings. The number of hydrogen-bond acceptors (Lipinski definition) is 3. The zero-order valence-corrected chi connectivity index (χ0v) is 15.9. The van der Waals surface area contributed by atoms with Crippen molar-refractivity contribution in [2.24, 2.45) is 0 Å². The number of rotatable bonds is 4. The second-order valence-electron chi connectivity index (χ2n) is 7.03. The molecule has 2 heterocycles. The van der Waals surface area contributed by atoms with Crippen molar-refractivity contribution < 1.29 is 4.79 Å². The molecule has 0 unspecified atom stereocenters. The normalized spacial score (nSPS) is 14.1. The van der Waals surface area contributed by atoms with E-state index in [1.54, 1.807) is 0 Å². The summed E-state index contributed by atoms with van der Waals surface area (Å²) in [6.07, 6.45) is 0.915. The number of nitrogens with zero attached hydrogens (tertiary/aromatic N) is 3. The second kappa shape index (κ2) is 6.91. The fourth-order valence-electron chi connectivity index (χ4n) is 3.75. The van der Waals surface area contributed by atoms with Gasteiger partial charge in [0.2, 0.25) is 5.91 Å². The highest BCUT2D eigenvalue weighted by atomic mass is 16.2. The Kier molecular flexibility index (Phi) is 4.44. The Morgan fingerprint density at radius 2 is 1.78 bits per heavy atom. The van der Waals surface area contributed by atoms with Crippen molar-refractivity contribution in [1.29, 1.82) is 0 Å². The number of aryl methyl sites for hydroxylation is 1. The lowest BCUT2D eigenvalue weighted by atomic mass is 10.2. The molecule has 0 spiro atoms. The van der Waals surface area contributed by atoms with E-state index in [9.17, 15) is 4.79 Å². The molecule has 5 heteroatoms. The van der Waals surface area contributed by atoms with Gasteiger partial charge >= 0.3 is 0 Å². The molecule has 4 rings (SSSR count). The molecule has 0 aliphatic carbocycles. The largest absolute Gasteiger partial charge is 0.371 e. The maximum absolute atomic E-state index is 13.0. The Labute approximate surface area is 159 Å². The van der Waals surface area contributed by atoms with Crippen LogP contribution in [0, 0.1) is 13.8 Å². The van der Waals surface area contributed by atoms with Gasteiger partial charge in [0, 0.05) is 12.2 Å². The zero-order chi connectivity index (χ0) is 19.0. The maximum atomic E-state index is 13.0. The molecule has 5 nitrogen and oxygen atoms in total. The third-order valence-electron chi connectivity index (χ3n) is 5.18. The average molecular weight is 360 g/mol. The van der Waals surface area contributed by atoms with E-state index >= 15 is 0 Å². The molecule has 1 aliphatic heterocycles. The molecule has 0 saturated heterocycles. The van der Waals surface area contributed by atoms with Gasteiger partial charge in [0.05, 0.1) is 22.8 Å². The van der Waals surface area contributed by atoms with Gasteiger partial charge in [0.1, 0.15) is 6.04 Å². The summed E-state index contributed by atoms with van der Waals surface area (Å²) >= 11 is 0. The van der Waals surface area contributed by atoms with Crippen molar-refractivity contribution in [2.45, 2.75) is 33.2 Å². The number of para-hydroxylation sites is 2. The van der Waals surface area contributed by atoms with Gasteiger partial charge in [-0.3, -0.25) is 4.79 Å². The fourth-order valence-corrected chi connectivity index (χ4v) is 3.75. The monoisotopic (exact) mass is 360 g/mol. The predicted octanol–water partition coefficient (Wildman–Crippen LogP) is 3.88. The van der Waals surface area contributed by atoms with Crippen LogP contribution in [0.25, 0.3) is 5.69 Å². The van der Waals surface area contributed by atoms with E-state index < -0.39 is 0 Å². The lowest BCUT2D eigenvalue weighted by Crippen LogP contribution is -2.40. The van der Waals surface area contributed by atoms with Crippen LogP contribution in [0.2, 0.25) is 0 Å². The van der Waals surface area contributed by atoms with Gasteiger partial charge in [-0.15, -0.1) is 0 Å². The number of nitrogens with one attached hydrogen (secondary N) is 1. The van der Waals surface area contributed by atoms with Gasteiger partial charge in [-0.2, -0.15) is 5.10 Å². The lowest BCUT2D eigenvalue weighted by molar-refractivity contribution is -0.118. The first kappa shape index (κ1) is 17.3. The quantitative estimate of drug-likeness (QED) is 0.768. The number of carbonyl (C=O) groups excluding carboxylic acids is 1. The van der Waals surface area contributed by atoms with Crippen LogP contribution in [0.5, 0.6) is 0 Å². The first-order valence-corrected chi connectivity index (χ1v) is 9.33. The molecule has 0 bridgehead atoms. The SMILES string of the molecule is Cc1nn(-c2ccccc2)c(C)c1N[C@@H](C)C(=O)N1CCc2ccccc21. The molecule has 1 aromatic heterocycles. The van der Waals surface area contributed by atoms with Crippen molar-refractivity contribution in [3.63, 3.8) is 0 Å². The molecular weight excluding hydrogens is 336 g/mol. The smallest absolute Gasteiger partial charge is 0.249 e. The highest BCUT2D eigenvalue weighted by Crippen LogP contribution is 2.29. The van der Waals surface area contributed by atoms with Crippen molar-refractivity contribution in [3.8, 4) is 5.69 Å². The third-order valence-corrected chi connectivity index (χ3v) is 5.18. The van der Waals surface area contributed by atoms with Crippen LogP contribution in [0.4, 0.5) is 11.4 Å². The fraction of sp³-hybridized carbons (Fsp3) is 0.273. The van der Waals surface area contributed by atoms with Gasteiger partial charge in [0.25, 0.3) is 0 Å². The number of benzene rings is 2. The minimum atomic E-state index is -0.332. The van der Waals surface area contributed by atoms with Crippen molar-refractivity contribution in [1.82, 2.24) is 9.78 Å². The number of hydrogen-bond donors (Lipinski definition) is 1. The van der Waals surface area contributed by atoms with E-state index in [-0.39, 0.29) is 11.9 Å². The van der Waals surface area contributed by atoms with E-state index in [2.05, 4.69) is 16.5 Å². The van der Waals surface area contributed by atoms with E-state index in [1.807, 2.05) is 78.9 Å². The Morgan fingerprint density at radius 3 is 2.56 bits per heavy atom. The first-order chi connectivity index (χ1) is 13.1. The van der Waals surface area contributed by atoms with Crippen molar-refractivity contribution in [2.75, 3.05) is 16.8 Å². The average Bonchev–Trinajstić information content (AvgIpc) is 3.24. The van der Waals surface area contributed by atoms with Crippen LogP contribution in [0.1, 0.15) is 23.9 Å². The van der Waals surface area contributed by atoms with Gasteiger partial charge in [0.15, 0.2) is 0 Å². The minimum absolute atomic E-state index is 0.0891. The first-order valence-electron chi connectivity index (χ1n) is 9.33. The number of aromatic nitrogens is 2. The summed E-state index contributed by atoms with van der Waals surface area (Å²) in [6.45, 7) is 6.66. The van der Waals surface area contributed by atoms with Gasteiger partial charge in [-0.25, -0.2) is 4.68 Å². The Hall–Kier alpha value is -3.08. The predicted molar refractivity (Wildman–Crippen MR) is 109 cm³/mol. The van der Waals surface area contributed by atoms with Gasteiger partial charge < -0.3 is 10.2 Å². The molecule has 0 radical (unpaired) electrons. The van der Waals surface area contributed by atoms with Crippen LogP contribution in [-0.4, -0.2) is 28.3 Å². The van der Waals surface area contributed by atoms with Crippen molar-refractivity contribution in [3.05, 3.63) is 71.5 Å². The minimum Gasteiger partial charge on any atom is -0.371 e. The maximum Gasteiger partial charge on any atom is 0.249 e. The highest BCUT2D eigenvalue weighted by Gasteiger charge is 2.28. The third kappa shape index (κ3) is 3.10. The summed E-state index contributed by atoms with van der Waals surface area (Å²) < 4.78 is 1.92. The molecule has 0 saturated carbocycles. The highest BCUT2D eigenvalue weighted by molar-refractivity contribution is 6.00. The molecule has 1 aliphatic rings. The van der Waals surface area contributed by atoms with Crippen LogP contribution >= 0.6 is 0 Å². The Balaban J connectivity index is 1.56. The molecule has 3 aromatic rings. The summed E-state index contributed by atoms with van der Waals surface area (Å²) in [5.41, 5.74) is 6.09. The van der Waals surface area contributed by atoms with E-state index in [0.717, 1.165) is 41.4 Å². The van der Waals surface area contributed by atoms with Gasteiger partial charge in [-0.05, 0) is 51.0 Å². The number of fused-ring (bicyclic) bond motifs is 1. The molecule has 1 amide bonds. The van der Waals surface area contributed by atoms with Crippen LogP contribution in [0.15, 0.2) is 54.6 Å². The molecule has 27 heavy (non-hydrogen) atoms. The van der Waals surface area contributed by atoms with E-state index in [0.29, 0.717) is 0 Å². The standard InChI is InChI=1S/C22H24N4O/c1-15-21(17(3)26(24-15)19-10-5-4-6-11-19)23-16(2)22(27)25-14-13-18-9-7-8-12-20(18)25/h4-12,16,23H,13-14H2,1-3H3/t16-/m0/s1. The molecule has 138 valence electrons. The van der Waals surface area contributed by atoms with Crippen molar-refractivity contribution >= 4 is 17.3 Å². The molecular formula is C22H24N4O. The van der Waals surface area contributed by atoms with E-state index in [4.69, 9.17) is 0 Å². The zero-order valence-electron chi connectivity index (χ0n) is 15.9. The summed E-state index contributed by atoms with van der Waals surface area (Å²) in [5, 5.41) is 8.06. The summed E-state index contributed by atoms with van der Waals surface area (Å²) in [5.74, 6) is 0.0891. The van der Waals surface area contributed by atoms with Crippen LogP contribution < -0.4 is 10.2 Å². The second-order valence-corrected chi connectivity index (χ2v) is 7.03. The Morgan fingerprint density at radius 1 is 1.07 bits per heavy atom. The van der Waals surface area contributed by atoms with Gasteiger partial charge in [-0.1, -0.05) is 36.4 Å². The van der Waals surface area contributed by atoms with Crippen LogP contribution in [0.3, 0.4) is 0 Å². The Bertz CT molecular complexity index is 977. The lowest BCUT2D eigenvalue weighted by Gasteiger charge is -2.23. The molecule has 2 aromatic carbocycles. The molecule has 1 atom stereocenters. The summed E-state index contributed by atoms with van der Waals surface area (Å²) in [7, 11) is 0. The number of carbonyl (C=O) groups is 1. The topological polar surface area (TPSA) is 50.2 Å². The number of amides is 1. The summed E-state index contributed by atoms with van der Waals surface area (Å²) in [4.78, 5) is 14.9. The number of anilines is 2. The summed E-state index contributed by atoms with van der Waals surface area (Å²) in [6, 6.07) is 17.8.